The first-order chi connectivity index (χ1) is 12.0. The summed E-state index contributed by atoms with van der Waals surface area (Å²) in [4.78, 5) is 9.73. The molecule has 4 heteroatoms. The van der Waals surface area contributed by atoms with Gasteiger partial charge in [-0.3, -0.25) is 0 Å². The third-order valence-electron chi connectivity index (χ3n) is 4.76. The Kier molecular flexibility index (Phi) is 4.80. The van der Waals surface area contributed by atoms with Crippen molar-refractivity contribution in [3.63, 3.8) is 0 Å². The second-order valence-electron chi connectivity index (χ2n) is 6.76. The second-order valence-corrected chi connectivity index (χ2v) is 6.76. The third-order valence-corrected chi connectivity index (χ3v) is 4.76. The van der Waals surface area contributed by atoms with Crippen LogP contribution in [0, 0.1) is 6.92 Å². The van der Waals surface area contributed by atoms with Gasteiger partial charge in [0.1, 0.15) is 0 Å². The molecule has 0 fully saturated rings. The average molecular weight is 337 g/mol. The fourth-order valence-corrected chi connectivity index (χ4v) is 3.29. The molecule has 3 aromatic heterocycles. The Bertz CT molecular complexity index is 909. The first-order valence-corrected chi connectivity index (χ1v) is 9.04. The first-order valence-electron chi connectivity index (χ1n) is 9.04. The van der Waals surface area contributed by atoms with E-state index in [0.29, 0.717) is 11.8 Å². The summed E-state index contributed by atoms with van der Waals surface area (Å²) in [5, 5.41) is 0. The van der Waals surface area contributed by atoms with Crippen molar-refractivity contribution in [2.75, 3.05) is 7.11 Å². The van der Waals surface area contributed by atoms with E-state index in [1.807, 2.05) is 0 Å². The van der Waals surface area contributed by atoms with Crippen LogP contribution in [0.5, 0.6) is 5.88 Å². The molecule has 0 aliphatic carbocycles. The van der Waals surface area contributed by atoms with Gasteiger partial charge >= 0.3 is 0 Å². The SMILES string of the molecule is CCc1cc2c(nc1-c1ccc(C(C)C)nc1OC)c(C)cn2CC. The minimum atomic E-state index is 0.366. The lowest BCUT2D eigenvalue weighted by Crippen LogP contribution is -2.01. The average Bonchev–Trinajstić information content (AvgIpc) is 2.95. The minimum absolute atomic E-state index is 0.366. The van der Waals surface area contributed by atoms with E-state index < -0.39 is 0 Å². The summed E-state index contributed by atoms with van der Waals surface area (Å²) in [7, 11) is 1.68. The topological polar surface area (TPSA) is 39.9 Å². The predicted molar refractivity (Wildman–Crippen MR) is 103 cm³/mol. The number of hydrogen-bond donors (Lipinski definition) is 0. The number of fused-ring (bicyclic) bond motifs is 1. The van der Waals surface area contributed by atoms with Gasteiger partial charge in [-0.15, -0.1) is 0 Å². The Hall–Kier alpha value is -2.36. The van der Waals surface area contributed by atoms with Gasteiger partial charge < -0.3 is 9.30 Å². The summed E-state index contributed by atoms with van der Waals surface area (Å²) in [6.07, 6.45) is 3.10. The van der Waals surface area contributed by atoms with Crippen molar-refractivity contribution in [2.45, 2.75) is 53.5 Å². The molecule has 132 valence electrons. The second kappa shape index (κ2) is 6.87. The lowest BCUT2D eigenvalue weighted by Gasteiger charge is -2.14. The molecule has 0 aliphatic rings. The van der Waals surface area contributed by atoms with Crippen LogP contribution in [0.2, 0.25) is 0 Å². The fraction of sp³-hybridized carbons (Fsp3) is 0.429. The molecule has 25 heavy (non-hydrogen) atoms. The van der Waals surface area contributed by atoms with Crippen LogP contribution in [0.4, 0.5) is 0 Å². The molecule has 0 saturated carbocycles. The van der Waals surface area contributed by atoms with E-state index in [1.165, 1.54) is 16.6 Å². The summed E-state index contributed by atoms with van der Waals surface area (Å²) < 4.78 is 7.86. The molecule has 0 bridgehead atoms. The molecule has 0 N–H and O–H groups in total. The number of pyridine rings is 2. The van der Waals surface area contributed by atoms with Crippen LogP contribution in [-0.4, -0.2) is 21.6 Å². The van der Waals surface area contributed by atoms with Gasteiger partial charge in [-0.2, -0.15) is 0 Å². The lowest BCUT2D eigenvalue weighted by molar-refractivity contribution is 0.397. The van der Waals surface area contributed by atoms with Gasteiger partial charge in [-0.1, -0.05) is 20.8 Å². The number of methoxy groups -OCH3 is 1. The third kappa shape index (κ3) is 3.01. The highest BCUT2D eigenvalue weighted by molar-refractivity contribution is 5.85. The molecule has 0 aliphatic heterocycles. The van der Waals surface area contributed by atoms with Gasteiger partial charge in [0, 0.05) is 18.4 Å². The normalized spacial score (nSPS) is 11.5. The lowest BCUT2D eigenvalue weighted by atomic mass is 10.0. The maximum atomic E-state index is 5.60. The molecule has 3 heterocycles. The van der Waals surface area contributed by atoms with Crippen LogP contribution in [-0.2, 0) is 13.0 Å². The van der Waals surface area contributed by atoms with Crippen molar-refractivity contribution in [3.05, 3.63) is 41.2 Å². The monoisotopic (exact) mass is 337 g/mol. The Morgan fingerprint density at radius 2 is 1.92 bits per heavy atom. The Labute approximate surface area is 149 Å². The number of ether oxygens (including phenoxy) is 1. The zero-order valence-corrected chi connectivity index (χ0v) is 16.1. The maximum absolute atomic E-state index is 5.60. The number of nitrogens with zero attached hydrogens (tertiary/aromatic N) is 3. The minimum Gasteiger partial charge on any atom is -0.480 e. The van der Waals surface area contributed by atoms with Crippen LogP contribution in [0.15, 0.2) is 24.4 Å². The Morgan fingerprint density at radius 1 is 1.16 bits per heavy atom. The highest BCUT2D eigenvalue weighted by atomic mass is 16.5. The molecular formula is C21H27N3O. The summed E-state index contributed by atoms with van der Waals surface area (Å²) in [5.41, 5.74) is 7.66. The molecule has 0 spiro atoms. The van der Waals surface area contributed by atoms with Crippen LogP contribution in [0.25, 0.3) is 22.3 Å². The molecule has 0 atom stereocenters. The molecule has 3 aromatic rings. The summed E-state index contributed by atoms with van der Waals surface area (Å²) in [5.74, 6) is 1.02. The van der Waals surface area contributed by atoms with Gasteiger partial charge in [0.2, 0.25) is 5.88 Å². The zero-order chi connectivity index (χ0) is 18.1. The largest absolute Gasteiger partial charge is 0.480 e. The van der Waals surface area contributed by atoms with Crippen LogP contribution in [0.1, 0.15) is 50.4 Å². The van der Waals surface area contributed by atoms with Crippen molar-refractivity contribution in [1.29, 1.82) is 0 Å². The number of rotatable bonds is 5. The highest BCUT2D eigenvalue weighted by Crippen LogP contribution is 2.34. The molecule has 3 rings (SSSR count). The van der Waals surface area contributed by atoms with Gasteiger partial charge in [0.05, 0.1) is 29.4 Å². The maximum Gasteiger partial charge on any atom is 0.222 e. The highest BCUT2D eigenvalue weighted by Gasteiger charge is 2.17. The Balaban J connectivity index is 2.26. The van der Waals surface area contributed by atoms with Crippen molar-refractivity contribution >= 4 is 11.0 Å². The number of aromatic nitrogens is 3. The standard InChI is InChI=1S/C21H27N3O/c1-7-15-11-18-19(14(5)12-24(18)8-2)23-20(15)16-9-10-17(13(3)4)22-21(16)25-6/h9-13H,7-8H2,1-6H3. The van der Waals surface area contributed by atoms with E-state index in [2.05, 4.69) is 63.6 Å². The van der Waals surface area contributed by atoms with Crippen LogP contribution >= 0.6 is 0 Å². The van der Waals surface area contributed by atoms with E-state index in [1.54, 1.807) is 7.11 Å². The summed E-state index contributed by atoms with van der Waals surface area (Å²) in [6, 6.07) is 6.45. The van der Waals surface area contributed by atoms with E-state index in [4.69, 9.17) is 14.7 Å². The van der Waals surface area contributed by atoms with Crippen molar-refractivity contribution in [2.24, 2.45) is 0 Å². The molecule has 0 aromatic carbocycles. The van der Waals surface area contributed by atoms with Gasteiger partial charge in [0.25, 0.3) is 0 Å². The molecular weight excluding hydrogens is 310 g/mol. The Morgan fingerprint density at radius 3 is 2.52 bits per heavy atom. The van der Waals surface area contributed by atoms with Gasteiger partial charge in [-0.25, -0.2) is 9.97 Å². The fourth-order valence-electron chi connectivity index (χ4n) is 3.29. The quantitative estimate of drug-likeness (QED) is 0.648. The summed E-state index contributed by atoms with van der Waals surface area (Å²) in [6.45, 7) is 11.7. The van der Waals surface area contributed by atoms with Crippen LogP contribution in [0.3, 0.4) is 0 Å². The molecule has 0 radical (unpaired) electrons. The van der Waals surface area contributed by atoms with Crippen molar-refractivity contribution in [3.8, 4) is 17.1 Å². The smallest absolute Gasteiger partial charge is 0.222 e. The van der Waals surface area contributed by atoms with Gasteiger partial charge in [0.15, 0.2) is 0 Å². The van der Waals surface area contributed by atoms with E-state index in [-0.39, 0.29) is 0 Å². The van der Waals surface area contributed by atoms with Crippen molar-refractivity contribution < 1.29 is 4.74 Å². The summed E-state index contributed by atoms with van der Waals surface area (Å²) >= 11 is 0. The van der Waals surface area contributed by atoms with Gasteiger partial charge in [-0.05, 0) is 55.5 Å². The molecule has 0 amide bonds. The molecule has 0 unspecified atom stereocenters. The van der Waals surface area contributed by atoms with Crippen LogP contribution < -0.4 is 4.74 Å². The van der Waals surface area contributed by atoms with E-state index in [9.17, 15) is 0 Å². The van der Waals surface area contributed by atoms with E-state index >= 15 is 0 Å². The van der Waals surface area contributed by atoms with E-state index in [0.717, 1.165) is 35.4 Å². The predicted octanol–water partition coefficient (Wildman–Crippen LogP) is 5.12. The molecule has 4 nitrogen and oxygen atoms in total. The first kappa shape index (κ1) is 17.5. The number of hydrogen-bond acceptors (Lipinski definition) is 3. The van der Waals surface area contributed by atoms with Crippen molar-refractivity contribution in [1.82, 2.24) is 14.5 Å². The molecule has 0 saturated heterocycles. The zero-order valence-electron chi connectivity index (χ0n) is 16.1. The number of aryl methyl sites for hydroxylation is 3.